The van der Waals surface area contributed by atoms with Crippen LogP contribution in [0.1, 0.15) is 27.2 Å². The molecule has 1 heterocycles. The van der Waals surface area contributed by atoms with E-state index in [1.165, 1.54) is 5.69 Å². The first kappa shape index (κ1) is 18.3. The molecule has 2 rings (SSSR count). The van der Waals surface area contributed by atoms with E-state index in [1.54, 1.807) is 11.8 Å². The second kappa shape index (κ2) is 8.71. The van der Waals surface area contributed by atoms with Gasteiger partial charge in [0.1, 0.15) is 0 Å². The first-order valence-corrected chi connectivity index (χ1v) is 8.80. The number of piperazine rings is 1. The van der Waals surface area contributed by atoms with Gasteiger partial charge in [-0.3, -0.25) is 9.59 Å². The number of benzene rings is 1. The Morgan fingerprint density at radius 2 is 1.71 bits per heavy atom. The summed E-state index contributed by atoms with van der Waals surface area (Å²) in [6.45, 7) is 9.75. The third-order valence-electron chi connectivity index (χ3n) is 4.50. The topological polar surface area (TPSA) is 43.9 Å². The van der Waals surface area contributed by atoms with Crippen molar-refractivity contribution in [2.24, 2.45) is 5.92 Å². The molecular formula is C19H29N3O2. The number of para-hydroxylation sites is 1. The average Bonchev–Trinajstić information content (AvgIpc) is 2.59. The zero-order chi connectivity index (χ0) is 17.5. The maximum absolute atomic E-state index is 12.5. The highest BCUT2D eigenvalue weighted by molar-refractivity contribution is 5.84. The molecule has 1 aromatic carbocycles. The molecule has 1 aliphatic heterocycles. The quantitative estimate of drug-likeness (QED) is 0.803. The van der Waals surface area contributed by atoms with Crippen LogP contribution in [0.3, 0.4) is 0 Å². The van der Waals surface area contributed by atoms with Gasteiger partial charge in [0.15, 0.2) is 0 Å². The van der Waals surface area contributed by atoms with Crippen LogP contribution in [0.2, 0.25) is 0 Å². The average molecular weight is 331 g/mol. The van der Waals surface area contributed by atoms with E-state index in [0.29, 0.717) is 25.6 Å². The SMILES string of the molecule is CC(=O)N(CCC(C)C)CC(=O)N1CCN(c2ccccc2)CC1. The zero-order valence-corrected chi connectivity index (χ0v) is 15.1. The molecular weight excluding hydrogens is 302 g/mol. The highest BCUT2D eigenvalue weighted by atomic mass is 16.2. The molecule has 0 spiro atoms. The summed E-state index contributed by atoms with van der Waals surface area (Å²) in [5, 5.41) is 0. The van der Waals surface area contributed by atoms with Gasteiger partial charge in [-0.05, 0) is 24.5 Å². The van der Waals surface area contributed by atoms with Crippen LogP contribution in [-0.2, 0) is 9.59 Å². The summed E-state index contributed by atoms with van der Waals surface area (Å²) in [5.41, 5.74) is 1.20. The van der Waals surface area contributed by atoms with Crippen molar-refractivity contribution in [3.63, 3.8) is 0 Å². The van der Waals surface area contributed by atoms with Crippen LogP contribution < -0.4 is 4.90 Å². The van der Waals surface area contributed by atoms with Crippen molar-refractivity contribution in [1.82, 2.24) is 9.80 Å². The molecule has 132 valence electrons. The molecule has 0 unspecified atom stereocenters. The third-order valence-corrected chi connectivity index (χ3v) is 4.50. The Balaban J connectivity index is 1.84. The molecule has 0 saturated carbocycles. The fraction of sp³-hybridized carbons (Fsp3) is 0.579. The lowest BCUT2D eigenvalue weighted by Gasteiger charge is -2.37. The van der Waals surface area contributed by atoms with Gasteiger partial charge in [-0.1, -0.05) is 32.0 Å². The van der Waals surface area contributed by atoms with Crippen LogP contribution in [0, 0.1) is 5.92 Å². The highest BCUT2D eigenvalue weighted by Gasteiger charge is 2.23. The van der Waals surface area contributed by atoms with Crippen molar-refractivity contribution in [1.29, 1.82) is 0 Å². The standard InChI is InChI=1S/C19H29N3O2/c1-16(2)9-10-22(17(3)23)15-19(24)21-13-11-20(12-14-21)18-7-5-4-6-8-18/h4-8,16H,9-15H2,1-3H3. The van der Waals surface area contributed by atoms with E-state index < -0.39 is 0 Å². The van der Waals surface area contributed by atoms with Crippen molar-refractivity contribution < 1.29 is 9.59 Å². The minimum Gasteiger partial charge on any atom is -0.368 e. The number of carbonyl (C=O) groups is 2. The molecule has 0 aliphatic carbocycles. The smallest absolute Gasteiger partial charge is 0.242 e. The molecule has 1 aliphatic rings. The number of hydrogen-bond donors (Lipinski definition) is 0. The van der Waals surface area contributed by atoms with Crippen molar-refractivity contribution >= 4 is 17.5 Å². The van der Waals surface area contributed by atoms with Gasteiger partial charge in [-0.25, -0.2) is 0 Å². The molecule has 2 amide bonds. The Morgan fingerprint density at radius 3 is 2.25 bits per heavy atom. The lowest BCUT2D eigenvalue weighted by molar-refractivity contribution is -0.139. The second-order valence-electron chi connectivity index (χ2n) is 6.83. The van der Waals surface area contributed by atoms with Gasteiger partial charge in [0.2, 0.25) is 11.8 Å². The molecule has 0 bridgehead atoms. The molecule has 1 saturated heterocycles. The molecule has 5 heteroatoms. The van der Waals surface area contributed by atoms with Gasteiger partial charge >= 0.3 is 0 Å². The fourth-order valence-corrected chi connectivity index (χ4v) is 2.88. The molecule has 24 heavy (non-hydrogen) atoms. The third kappa shape index (κ3) is 5.25. The summed E-state index contributed by atoms with van der Waals surface area (Å²) in [6, 6.07) is 10.3. The molecule has 1 aromatic rings. The number of amides is 2. The summed E-state index contributed by atoms with van der Waals surface area (Å²) in [5.74, 6) is 0.560. The van der Waals surface area contributed by atoms with Gasteiger partial charge in [0, 0.05) is 45.3 Å². The Labute approximate surface area is 145 Å². The van der Waals surface area contributed by atoms with E-state index in [2.05, 4.69) is 30.9 Å². The van der Waals surface area contributed by atoms with Crippen molar-refractivity contribution in [2.75, 3.05) is 44.2 Å². The monoisotopic (exact) mass is 331 g/mol. The molecule has 0 radical (unpaired) electrons. The molecule has 0 aromatic heterocycles. The van der Waals surface area contributed by atoms with Gasteiger partial charge in [0.25, 0.3) is 0 Å². The largest absolute Gasteiger partial charge is 0.368 e. The Morgan fingerprint density at radius 1 is 1.08 bits per heavy atom. The van der Waals surface area contributed by atoms with E-state index in [0.717, 1.165) is 19.5 Å². The molecule has 0 atom stereocenters. The van der Waals surface area contributed by atoms with Gasteiger partial charge in [-0.2, -0.15) is 0 Å². The number of hydrogen-bond acceptors (Lipinski definition) is 3. The number of anilines is 1. The van der Waals surface area contributed by atoms with Crippen LogP contribution in [0.25, 0.3) is 0 Å². The van der Waals surface area contributed by atoms with Gasteiger partial charge < -0.3 is 14.7 Å². The van der Waals surface area contributed by atoms with Crippen LogP contribution in [0.4, 0.5) is 5.69 Å². The predicted molar refractivity (Wildman–Crippen MR) is 96.9 cm³/mol. The van der Waals surface area contributed by atoms with Gasteiger partial charge in [-0.15, -0.1) is 0 Å². The summed E-state index contributed by atoms with van der Waals surface area (Å²) < 4.78 is 0. The number of rotatable bonds is 6. The fourth-order valence-electron chi connectivity index (χ4n) is 2.88. The summed E-state index contributed by atoms with van der Waals surface area (Å²) >= 11 is 0. The van der Waals surface area contributed by atoms with Crippen LogP contribution in [-0.4, -0.2) is 60.9 Å². The minimum atomic E-state index is -0.0214. The maximum Gasteiger partial charge on any atom is 0.242 e. The van der Waals surface area contributed by atoms with Crippen molar-refractivity contribution in [3.8, 4) is 0 Å². The summed E-state index contributed by atoms with van der Waals surface area (Å²) in [7, 11) is 0. The van der Waals surface area contributed by atoms with Crippen molar-refractivity contribution in [2.45, 2.75) is 27.2 Å². The summed E-state index contributed by atoms with van der Waals surface area (Å²) in [4.78, 5) is 30.1. The summed E-state index contributed by atoms with van der Waals surface area (Å²) in [6.07, 6.45) is 0.925. The van der Waals surface area contributed by atoms with Crippen LogP contribution in [0.5, 0.6) is 0 Å². The maximum atomic E-state index is 12.5. The number of carbonyl (C=O) groups excluding carboxylic acids is 2. The predicted octanol–water partition coefficient (Wildman–Crippen LogP) is 2.23. The van der Waals surface area contributed by atoms with Crippen LogP contribution >= 0.6 is 0 Å². The lowest BCUT2D eigenvalue weighted by Crippen LogP contribution is -2.51. The van der Waals surface area contributed by atoms with E-state index in [-0.39, 0.29) is 18.4 Å². The van der Waals surface area contributed by atoms with E-state index >= 15 is 0 Å². The molecule has 1 fully saturated rings. The van der Waals surface area contributed by atoms with Crippen molar-refractivity contribution in [3.05, 3.63) is 30.3 Å². The Hall–Kier alpha value is -2.04. The first-order chi connectivity index (χ1) is 11.5. The first-order valence-electron chi connectivity index (χ1n) is 8.80. The zero-order valence-electron chi connectivity index (χ0n) is 15.1. The molecule has 5 nitrogen and oxygen atoms in total. The van der Waals surface area contributed by atoms with E-state index in [1.807, 2.05) is 23.1 Å². The molecule has 0 N–H and O–H groups in total. The number of nitrogens with zero attached hydrogens (tertiary/aromatic N) is 3. The van der Waals surface area contributed by atoms with E-state index in [4.69, 9.17) is 0 Å². The Bertz CT molecular complexity index is 537. The highest BCUT2D eigenvalue weighted by Crippen LogP contribution is 2.15. The minimum absolute atomic E-state index is 0.0214. The normalized spacial score (nSPS) is 14.8. The van der Waals surface area contributed by atoms with E-state index in [9.17, 15) is 9.59 Å². The Kier molecular flexibility index (Phi) is 6.64. The second-order valence-corrected chi connectivity index (χ2v) is 6.83. The lowest BCUT2D eigenvalue weighted by atomic mass is 10.1. The van der Waals surface area contributed by atoms with Crippen LogP contribution in [0.15, 0.2) is 30.3 Å². The van der Waals surface area contributed by atoms with Gasteiger partial charge in [0.05, 0.1) is 6.54 Å².